The third-order valence-corrected chi connectivity index (χ3v) is 4.40. The molecule has 1 heterocycles. The van der Waals surface area contributed by atoms with Crippen LogP contribution in [-0.2, 0) is 14.3 Å². The number of halogens is 1. The summed E-state index contributed by atoms with van der Waals surface area (Å²) >= 11 is 0. The lowest BCUT2D eigenvalue weighted by molar-refractivity contribution is -0.139. The number of unbranched alkanes of at least 4 members (excludes halogenated alkanes) is 1. The number of ether oxygens (including phenoxy) is 2. The van der Waals surface area contributed by atoms with Crippen molar-refractivity contribution in [2.24, 2.45) is 0 Å². The Morgan fingerprint density at radius 3 is 2.96 bits per heavy atom. The Balaban J connectivity index is 2.12. The van der Waals surface area contributed by atoms with Gasteiger partial charge in [-0.2, -0.15) is 0 Å². The Morgan fingerprint density at radius 2 is 2.28 bits per heavy atom. The fourth-order valence-electron chi connectivity index (χ4n) is 3.09. The lowest BCUT2D eigenvalue weighted by Crippen LogP contribution is -2.47. The molecule has 2 rings (SSSR count). The standard InChI is InChI=1S/C20H28FNO3/c1-4-5-6-16(19-8-7-17(21)11-15(19)2)12-20(23)22-9-10-25-18(13-22)14-24-3/h6-8,11,18H,4-5,9-10,12-14H2,1-3H3/b16-6-/t18-/m0/s1. The van der Waals surface area contributed by atoms with Crippen LogP contribution in [0.4, 0.5) is 4.39 Å². The maximum absolute atomic E-state index is 13.4. The summed E-state index contributed by atoms with van der Waals surface area (Å²) < 4.78 is 24.2. The highest BCUT2D eigenvalue weighted by atomic mass is 19.1. The second kappa shape index (κ2) is 9.68. The molecule has 0 radical (unpaired) electrons. The van der Waals surface area contributed by atoms with Crippen LogP contribution in [-0.4, -0.2) is 50.3 Å². The zero-order valence-electron chi connectivity index (χ0n) is 15.4. The number of allylic oxidation sites excluding steroid dienone is 1. The van der Waals surface area contributed by atoms with Gasteiger partial charge < -0.3 is 14.4 Å². The summed E-state index contributed by atoms with van der Waals surface area (Å²) in [5, 5.41) is 0. The number of carbonyl (C=O) groups is 1. The predicted molar refractivity (Wildman–Crippen MR) is 96.8 cm³/mol. The second-order valence-electron chi connectivity index (χ2n) is 6.44. The van der Waals surface area contributed by atoms with Gasteiger partial charge in [-0.1, -0.05) is 25.5 Å². The number of methoxy groups -OCH3 is 1. The first-order valence-electron chi connectivity index (χ1n) is 8.89. The lowest BCUT2D eigenvalue weighted by Gasteiger charge is -2.33. The topological polar surface area (TPSA) is 38.8 Å². The Bertz CT molecular complexity index is 613. The van der Waals surface area contributed by atoms with Gasteiger partial charge in [0.1, 0.15) is 5.82 Å². The third-order valence-electron chi connectivity index (χ3n) is 4.40. The van der Waals surface area contributed by atoms with Gasteiger partial charge in [0, 0.05) is 20.2 Å². The van der Waals surface area contributed by atoms with Crippen LogP contribution in [0.2, 0.25) is 0 Å². The van der Waals surface area contributed by atoms with E-state index in [1.807, 2.05) is 11.8 Å². The second-order valence-corrected chi connectivity index (χ2v) is 6.44. The summed E-state index contributed by atoms with van der Waals surface area (Å²) in [5.41, 5.74) is 2.78. The van der Waals surface area contributed by atoms with Gasteiger partial charge in [0.2, 0.25) is 5.91 Å². The van der Waals surface area contributed by atoms with E-state index in [-0.39, 0.29) is 17.8 Å². The number of hydrogen-bond acceptors (Lipinski definition) is 3. The molecule has 1 atom stereocenters. The molecule has 0 bridgehead atoms. The first kappa shape index (κ1) is 19.6. The Labute approximate surface area is 149 Å². The van der Waals surface area contributed by atoms with E-state index in [4.69, 9.17) is 9.47 Å². The average Bonchev–Trinajstić information content (AvgIpc) is 2.59. The van der Waals surface area contributed by atoms with E-state index in [1.54, 1.807) is 13.2 Å². The molecule has 0 aliphatic carbocycles. The monoisotopic (exact) mass is 349 g/mol. The van der Waals surface area contributed by atoms with Crippen LogP contribution in [0.5, 0.6) is 0 Å². The van der Waals surface area contributed by atoms with Crippen LogP contribution in [0.3, 0.4) is 0 Å². The van der Waals surface area contributed by atoms with Crippen LogP contribution in [0.1, 0.15) is 37.3 Å². The van der Waals surface area contributed by atoms with E-state index in [1.165, 1.54) is 12.1 Å². The van der Waals surface area contributed by atoms with Gasteiger partial charge >= 0.3 is 0 Å². The summed E-state index contributed by atoms with van der Waals surface area (Å²) in [5.74, 6) is -0.173. The minimum atomic E-state index is -0.252. The molecule has 1 amide bonds. The number of hydrogen-bond donors (Lipinski definition) is 0. The zero-order chi connectivity index (χ0) is 18.2. The van der Waals surface area contributed by atoms with Gasteiger partial charge in [-0.3, -0.25) is 4.79 Å². The molecule has 1 aromatic carbocycles. The van der Waals surface area contributed by atoms with Crippen molar-refractivity contribution < 1.29 is 18.7 Å². The molecule has 0 N–H and O–H groups in total. The summed E-state index contributed by atoms with van der Waals surface area (Å²) in [7, 11) is 1.63. The van der Waals surface area contributed by atoms with Crippen molar-refractivity contribution in [3.63, 3.8) is 0 Å². The highest BCUT2D eigenvalue weighted by Gasteiger charge is 2.25. The average molecular weight is 349 g/mol. The highest BCUT2D eigenvalue weighted by molar-refractivity contribution is 5.89. The molecule has 1 fully saturated rings. The van der Waals surface area contributed by atoms with E-state index in [0.717, 1.165) is 29.5 Å². The normalized spacial score (nSPS) is 18.5. The molecule has 0 saturated carbocycles. The number of aryl methyl sites for hydroxylation is 1. The van der Waals surface area contributed by atoms with Crippen molar-refractivity contribution >= 4 is 11.5 Å². The van der Waals surface area contributed by atoms with Crippen LogP contribution >= 0.6 is 0 Å². The Kier molecular flexibility index (Phi) is 7.59. The largest absolute Gasteiger partial charge is 0.382 e. The van der Waals surface area contributed by atoms with E-state index in [9.17, 15) is 9.18 Å². The quantitative estimate of drug-likeness (QED) is 0.755. The summed E-state index contributed by atoms with van der Waals surface area (Å²) in [6.45, 7) is 6.15. The van der Waals surface area contributed by atoms with Gasteiger partial charge in [0.25, 0.3) is 0 Å². The van der Waals surface area contributed by atoms with Crippen LogP contribution in [0, 0.1) is 12.7 Å². The minimum Gasteiger partial charge on any atom is -0.382 e. The maximum Gasteiger partial charge on any atom is 0.227 e. The molecule has 0 spiro atoms. The van der Waals surface area contributed by atoms with Gasteiger partial charge in [0.05, 0.1) is 25.7 Å². The van der Waals surface area contributed by atoms with Gasteiger partial charge in [-0.15, -0.1) is 0 Å². The number of morpholine rings is 1. The van der Waals surface area contributed by atoms with Crippen molar-refractivity contribution in [2.75, 3.05) is 33.4 Å². The third kappa shape index (κ3) is 5.65. The molecule has 5 heteroatoms. The van der Waals surface area contributed by atoms with Crippen LogP contribution < -0.4 is 0 Å². The zero-order valence-corrected chi connectivity index (χ0v) is 15.4. The summed E-state index contributed by atoms with van der Waals surface area (Å²) in [6, 6.07) is 4.74. The molecular formula is C20H28FNO3. The van der Waals surface area contributed by atoms with E-state index in [0.29, 0.717) is 32.7 Å². The number of amides is 1. The molecule has 1 saturated heterocycles. The van der Waals surface area contributed by atoms with Crippen molar-refractivity contribution in [2.45, 2.75) is 39.2 Å². The predicted octanol–water partition coefficient (Wildman–Crippen LogP) is 3.58. The summed E-state index contributed by atoms with van der Waals surface area (Å²) in [6.07, 6.45) is 4.26. The van der Waals surface area contributed by atoms with Gasteiger partial charge in [0.15, 0.2) is 0 Å². The molecule has 1 aromatic rings. The number of nitrogens with zero attached hydrogens (tertiary/aromatic N) is 1. The Hall–Kier alpha value is -1.72. The number of carbonyl (C=O) groups excluding carboxylic acids is 1. The smallest absolute Gasteiger partial charge is 0.227 e. The first-order valence-corrected chi connectivity index (χ1v) is 8.89. The molecule has 1 aliphatic rings. The summed E-state index contributed by atoms with van der Waals surface area (Å²) in [4.78, 5) is 14.6. The van der Waals surface area contributed by atoms with E-state index in [2.05, 4.69) is 13.0 Å². The molecular weight excluding hydrogens is 321 g/mol. The fraction of sp³-hybridized carbons (Fsp3) is 0.550. The SMILES string of the molecule is CCC/C=C(/CC(=O)N1CCO[C@H](COC)C1)c1ccc(F)cc1C. The van der Waals surface area contributed by atoms with E-state index >= 15 is 0 Å². The van der Waals surface area contributed by atoms with Crippen molar-refractivity contribution in [3.8, 4) is 0 Å². The maximum atomic E-state index is 13.4. The van der Waals surface area contributed by atoms with E-state index < -0.39 is 0 Å². The number of benzene rings is 1. The number of rotatable bonds is 7. The van der Waals surface area contributed by atoms with Crippen molar-refractivity contribution in [3.05, 3.63) is 41.2 Å². The van der Waals surface area contributed by atoms with Gasteiger partial charge in [-0.25, -0.2) is 4.39 Å². The minimum absolute atomic E-state index is 0.0710. The molecule has 0 aromatic heterocycles. The highest BCUT2D eigenvalue weighted by Crippen LogP contribution is 2.25. The Morgan fingerprint density at radius 1 is 1.48 bits per heavy atom. The van der Waals surface area contributed by atoms with Crippen LogP contribution in [0.15, 0.2) is 24.3 Å². The molecule has 4 nitrogen and oxygen atoms in total. The molecule has 25 heavy (non-hydrogen) atoms. The first-order chi connectivity index (χ1) is 12.0. The fourth-order valence-corrected chi connectivity index (χ4v) is 3.09. The van der Waals surface area contributed by atoms with Crippen molar-refractivity contribution in [1.29, 1.82) is 0 Å². The lowest BCUT2D eigenvalue weighted by atomic mass is 9.96. The van der Waals surface area contributed by atoms with Crippen LogP contribution in [0.25, 0.3) is 5.57 Å². The van der Waals surface area contributed by atoms with Crippen molar-refractivity contribution in [1.82, 2.24) is 4.90 Å². The molecule has 1 aliphatic heterocycles. The molecule has 138 valence electrons. The van der Waals surface area contributed by atoms with Gasteiger partial charge in [-0.05, 0) is 42.2 Å². The molecule has 0 unspecified atom stereocenters.